The van der Waals surface area contributed by atoms with Crippen molar-refractivity contribution in [1.82, 2.24) is 10.6 Å². The van der Waals surface area contributed by atoms with E-state index in [2.05, 4.69) is 17.2 Å². The number of halogens is 1. The predicted octanol–water partition coefficient (Wildman–Crippen LogP) is 0.465. The Morgan fingerprint density at radius 1 is 1.64 bits per heavy atom. The van der Waals surface area contributed by atoms with E-state index in [0.717, 1.165) is 0 Å². The first kappa shape index (κ1) is 10.5. The molecule has 0 atom stereocenters. The Hall–Kier alpha value is -0.540. The summed E-state index contributed by atoms with van der Waals surface area (Å²) in [6, 6.07) is 0. The van der Waals surface area contributed by atoms with Gasteiger partial charge in [0.25, 0.3) is 0 Å². The highest BCUT2D eigenvalue weighted by atomic mass is 35.5. The van der Waals surface area contributed by atoms with Crippen molar-refractivity contribution in [2.75, 3.05) is 20.1 Å². The number of carbonyl (C=O) groups is 1. The second-order valence-electron chi connectivity index (χ2n) is 2.12. The third-order valence-electron chi connectivity index (χ3n) is 1.12. The summed E-state index contributed by atoms with van der Waals surface area (Å²) in [5.74, 6) is 0.0256. The summed E-state index contributed by atoms with van der Waals surface area (Å²) in [7, 11) is 1.61. The van der Waals surface area contributed by atoms with Crippen molar-refractivity contribution in [3.8, 4) is 0 Å². The molecular weight excluding hydrogens is 164 g/mol. The molecule has 0 saturated carbocycles. The molecule has 0 fully saturated rings. The van der Waals surface area contributed by atoms with E-state index < -0.39 is 0 Å². The Morgan fingerprint density at radius 3 is 2.73 bits per heavy atom. The zero-order valence-electron chi connectivity index (χ0n) is 6.61. The first-order valence-corrected chi connectivity index (χ1v) is 3.79. The smallest absolute Gasteiger partial charge is 0.221 e. The Morgan fingerprint density at radius 2 is 2.27 bits per heavy atom. The van der Waals surface area contributed by atoms with Gasteiger partial charge in [-0.15, -0.1) is 0 Å². The van der Waals surface area contributed by atoms with Gasteiger partial charge >= 0.3 is 0 Å². The van der Waals surface area contributed by atoms with Crippen LogP contribution in [0.1, 0.15) is 6.42 Å². The first-order valence-electron chi connectivity index (χ1n) is 3.41. The van der Waals surface area contributed by atoms with Gasteiger partial charge in [0.05, 0.1) is 0 Å². The van der Waals surface area contributed by atoms with Gasteiger partial charge in [0.1, 0.15) is 0 Å². The summed E-state index contributed by atoms with van der Waals surface area (Å²) in [5, 5.41) is 6.03. The van der Waals surface area contributed by atoms with Gasteiger partial charge in [-0.2, -0.15) is 0 Å². The number of hydrogen-bond acceptors (Lipinski definition) is 2. The third-order valence-corrected chi connectivity index (χ3v) is 1.26. The van der Waals surface area contributed by atoms with Crippen molar-refractivity contribution < 1.29 is 4.79 Å². The summed E-state index contributed by atoms with van der Waals surface area (Å²) in [6.45, 7) is 4.68. The van der Waals surface area contributed by atoms with Gasteiger partial charge in [-0.05, 0) is 0 Å². The van der Waals surface area contributed by atoms with Crippen molar-refractivity contribution >= 4 is 17.5 Å². The molecule has 0 radical (unpaired) electrons. The van der Waals surface area contributed by atoms with Crippen molar-refractivity contribution in [2.24, 2.45) is 0 Å². The van der Waals surface area contributed by atoms with E-state index in [9.17, 15) is 4.79 Å². The van der Waals surface area contributed by atoms with Crippen LogP contribution < -0.4 is 10.6 Å². The van der Waals surface area contributed by atoms with Crippen LogP contribution in [0.25, 0.3) is 0 Å². The van der Waals surface area contributed by atoms with Gasteiger partial charge in [-0.3, -0.25) is 4.79 Å². The second-order valence-corrected chi connectivity index (χ2v) is 2.65. The molecule has 64 valence electrons. The van der Waals surface area contributed by atoms with Crippen LogP contribution in [0.5, 0.6) is 0 Å². The normalized spacial score (nSPS) is 9.27. The lowest BCUT2D eigenvalue weighted by Gasteiger charge is -2.01. The van der Waals surface area contributed by atoms with Gasteiger partial charge in [0.2, 0.25) is 5.91 Å². The molecule has 0 aromatic carbocycles. The monoisotopic (exact) mass is 176 g/mol. The van der Waals surface area contributed by atoms with E-state index in [4.69, 9.17) is 11.6 Å². The molecule has 11 heavy (non-hydrogen) atoms. The van der Waals surface area contributed by atoms with Gasteiger partial charge in [-0.1, -0.05) is 18.2 Å². The van der Waals surface area contributed by atoms with E-state index in [-0.39, 0.29) is 5.91 Å². The Bertz CT molecular complexity index is 147. The van der Waals surface area contributed by atoms with Crippen molar-refractivity contribution in [1.29, 1.82) is 0 Å². The van der Waals surface area contributed by atoms with Crippen molar-refractivity contribution in [2.45, 2.75) is 6.42 Å². The fraction of sp³-hybridized carbons (Fsp3) is 0.571. The zero-order chi connectivity index (χ0) is 8.69. The Labute approximate surface area is 71.8 Å². The number of carbonyl (C=O) groups excluding carboxylic acids is 1. The molecule has 0 rings (SSSR count). The Kier molecular flexibility index (Phi) is 5.88. The molecule has 0 unspecified atom stereocenters. The van der Waals surface area contributed by atoms with Crippen LogP contribution in [0.4, 0.5) is 0 Å². The second kappa shape index (κ2) is 6.19. The van der Waals surface area contributed by atoms with Crippen LogP contribution in [-0.4, -0.2) is 26.0 Å². The first-order chi connectivity index (χ1) is 5.16. The van der Waals surface area contributed by atoms with E-state index in [1.807, 2.05) is 0 Å². The van der Waals surface area contributed by atoms with E-state index in [1.165, 1.54) is 0 Å². The van der Waals surface area contributed by atoms with Crippen LogP contribution in [0.15, 0.2) is 11.6 Å². The van der Waals surface area contributed by atoms with Crippen LogP contribution >= 0.6 is 11.6 Å². The molecule has 0 aliphatic carbocycles. The molecule has 3 nitrogen and oxygen atoms in total. The number of hydrogen-bond donors (Lipinski definition) is 2. The Balaban J connectivity index is 3.14. The van der Waals surface area contributed by atoms with Crippen molar-refractivity contribution in [3.63, 3.8) is 0 Å². The van der Waals surface area contributed by atoms with E-state index >= 15 is 0 Å². The highest BCUT2D eigenvalue weighted by Gasteiger charge is 1.95. The molecule has 0 aliphatic heterocycles. The number of rotatable bonds is 5. The zero-order valence-corrected chi connectivity index (χ0v) is 7.37. The summed E-state index contributed by atoms with van der Waals surface area (Å²) in [5.41, 5.74) is 0. The third kappa shape index (κ3) is 7.36. The van der Waals surface area contributed by atoms with Crippen LogP contribution in [0.3, 0.4) is 0 Å². The molecule has 0 spiro atoms. The van der Waals surface area contributed by atoms with Crippen molar-refractivity contribution in [3.05, 3.63) is 11.6 Å². The highest BCUT2D eigenvalue weighted by molar-refractivity contribution is 6.29. The van der Waals surface area contributed by atoms with E-state index in [1.54, 1.807) is 7.05 Å². The highest BCUT2D eigenvalue weighted by Crippen LogP contribution is 1.91. The molecule has 0 aliphatic rings. The SMILES string of the molecule is C=C(Cl)CNCCC(=O)NC. The quantitative estimate of drug-likeness (QED) is 0.598. The lowest BCUT2D eigenvalue weighted by atomic mass is 10.4. The summed E-state index contributed by atoms with van der Waals surface area (Å²) < 4.78 is 0. The minimum absolute atomic E-state index is 0.0256. The van der Waals surface area contributed by atoms with Gasteiger partial charge in [0.15, 0.2) is 0 Å². The molecule has 4 heteroatoms. The fourth-order valence-electron chi connectivity index (χ4n) is 0.551. The molecule has 0 aromatic heterocycles. The minimum Gasteiger partial charge on any atom is -0.359 e. The van der Waals surface area contributed by atoms with E-state index in [0.29, 0.717) is 24.5 Å². The largest absolute Gasteiger partial charge is 0.359 e. The molecule has 0 heterocycles. The number of amides is 1. The predicted molar refractivity (Wildman–Crippen MR) is 46.5 cm³/mol. The van der Waals surface area contributed by atoms with Gasteiger partial charge < -0.3 is 10.6 Å². The maximum atomic E-state index is 10.6. The van der Waals surface area contributed by atoms with Gasteiger partial charge in [0, 0.05) is 31.6 Å². The molecule has 0 aromatic rings. The average molecular weight is 177 g/mol. The summed E-state index contributed by atoms with van der Waals surface area (Å²) in [4.78, 5) is 10.6. The van der Waals surface area contributed by atoms with Crippen LogP contribution in [0, 0.1) is 0 Å². The summed E-state index contributed by atoms with van der Waals surface area (Å²) in [6.07, 6.45) is 0.473. The van der Waals surface area contributed by atoms with Crippen LogP contribution in [0.2, 0.25) is 0 Å². The molecule has 1 amide bonds. The lowest BCUT2D eigenvalue weighted by Crippen LogP contribution is -2.25. The summed E-state index contributed by atoms with van der Waals surface area (Å²) >= 11 is 5.47. The average Bonchev–Trinajstić information content (AvgIpc) is 1.97. The minimum atomic E-state index is 0.0256. The molecule has 0 bridgehead atoms. The van der Waals surface area contributed by atoms with Crippen LogP contribution in [-0.2, 0) is 4.79 Å². The molecular formula is C7H13ClN2O. The standard InChI is InChI=1S/C7H13ClN2O/c1-6(8)5-10-4-3-7(11)9-2/h10H,1,3-5H2,2H3,(H,9,11). The topological polar surface area (TPSA) is 41.1 Å². The van der Waals surface area contributed by atoms with Gasteiger partial charge in [-0.25, -0.2) is 0 Å². The molecule has 2 N–H and O–H groups in total. The fourth-order valence-corrected chi connectivity index (χ4v) is 0.645. The maximum absolute atomic E-state index is 10.6. The molecule has 0 saturated heterocycles. The maximum Gasteiger partial charge on any atom is 0.221 e. The number of nitrogens with one attached hydrogen (secondary N) is 2. The lowest BCUT2D eigenvalue weighted by molar-refractivity contribution is -0.120.